The van der Waals surface area contributed by atoms with Crippen molar-refractivity contribution in [3.63, 3.8) is 0 Å². The van der Waals surface area contributed by atoms with Crippen LogP contribution in [0.5, 0.6) is 0 Å². The SMILES string of the molecule is CC[C@@H](NC(=O)CN(c1ccccc1C)S(C)(=O)=O)c1ccc(C)c(C)c1. The van der Waals surface area contributed by atoms with E-state index in [9.17, 15) is 13.2 Å². The summed E-state index contributed by atoms with van der Waals surface area (Å²) in [6.07, 6.45) is 1.84. The minimum Gasteiger partial charge on any atom is -0.348 e. The van der Waals surface area contributed by atoms with Crippen LogP contribution in [-0.2, 0) is 14.8 Å². The second-order valence-corrected chi connectivity index (χ2v) is 8.83. The molecule has 0 saturated carbocycles. The van der Waals surface area contributed by atoms with Crippen molar-refractivity contribution in [2.24, 2.45) is 0 Å². The van der Waals surface area contributed by atoms with Crippen molar-refractivity contribution >= 4 is 21.6 Å². The summed E-state index contributed by atoms with van der Waals surface area (Å²) in [6, 6.07) is 13.1. The molecule has 0 aliphatic rings. The fraction of sp³-hybridized carbons (Fsp3) is 0.381. The number of sulfonamides is 1. The molecule has 0 unspecified atom stereocenters. The summed E-state index contributed by atoms with van der Waals surface area (Å²) in [4.78, 5) is 12.7. The van der Waals surface area contributed by atoms with E-state index in [2.05, 4.69) is 11.4 Å². The maximum absolute atomic E-state index is 12.7. The molecule has 1 N–H and O–H groups in total. The Morgan fingerprint density at radius 3 is 2.26 bits per heavy atom. The van der Waals surface area contributed by atoms with Crippen LogP contribution in [0.15, 0.2) is 42.5 Å². The molecule has 1 amide bonds. The van der Waals surface area contributed by atoms with Crippen LogP contribution >= 0.6 is 0 Å². The molecule has 0 aliphatic heterocycles. The summed E-state index contributed by atoms with van der Waals surface area (Å²) < 4.78 is 25.7. The number of carbonyl (C=O) groups excluding carboxylic acids is 1. The fourth-order valence-corrected chi connectivity index (χ4v) is 3.91. The maximum Gasteiger partial charge on any atom is 0.241 e. The second kappa shape index (κ2) is 8.57. The topological polar surface area (TPSA) is 66.5 Å². The normalized spacial score (nSPS) is 12.5. The highest BCUT2D eigenvalue weighted by molar-refractivity contribution is 7.92. The molecule has 0 saturated heterocycles. The van der Waals surface area contributed by atoms with Crippen molar-refractivity contribution in [3.8, 4) is 0 Å². The minimum absolute atomic E-state index is 0.157. The summed E-state index contributed by atoms with van der Waals surface area (Å²) >= 11 is 0. The summed E-state index contributed by atoms with van der Waals surface area (Å²) in [7, 11) is -3.58. The predicted molar refractivity (Wildman–Crippen MR) is 110 cm³/mol. The minimum atomic E-state index is -3.58. The van der Waals surface area contributed by atoms with Crippen molar-refractivity contribution in [1.29, 1.82) is 0 Å². The number of aryl methyl sites for hydroxylation is 3. The predicted octanol–water partition coefficient (Wildman–Crippen LogP) is 3.65. The Kier molecular flexibility index (Phi) is 6.65. The molecule has 0 bridgehead atoms. The third kappa shape index (κ3) is 5.32. The van der Waals surface area contributed by atoms with Gasteiger partial charge in [-0.05, 0) is 55.5 Å². The van der Waals surface area contributed by atoms with Crippen molar-refractivity contribution < 1.29 is 13.2 Å². The van der Waals surface area contributed by atoms with Gasteiger partial charge in [-0.3, -0.25) is 9.10 Å². The second-order valence-electron chi connectivity index (χ2n) is 6.93. The molecule has 0 fully saturated rings. The zero-order chi connectivity index (χ0) is 20.2. The number of rotatable bonds is 7. The van der Waals surface area contributed by atoms with Crippen LogP contribution in [0.4, 0.5) is 5.69 Å². The maximum atomic E-state index is 12.7. The number of hydrogen-bond donors (Lipinski definition) is 1. The number of amides is 1. The molecule has 6 heteroatoms. The zero-order valence-corrected chi connectivity index (χ0v) is 17.4. The van der Waals surface area contributed by atoms with Gasteiger partial charge in [0.1, 0.15) is 6.54 Å². The Labute approximate surface area is 162 Å². The van der Waals surface area contributed by atoms with Gasteiger partial charge in [-0.1, -0.05) is 43.3 Å². The average molecular weight is 389 g/mol. The Hall–Kier alpha value is -2.34. The molecule has 2 rings (SSSR count). The quantitative estimate of drug-likeness (QED) is 0.787. The van der Waals surface area contributed by atoms with Crippen LogP contribution in [0, 0.1) is 20.8 Å². The van der Waals surface area contributed by atoms with E-state index in [1.54, 1.807) is 12.1 Å². The first-order valence-electron chi connectivity index (χ1n) is 9.03. The number of anilines is 1. The molecular weight excluding hydrogens is 360 g/mol. The van der Waals surface area contributed by atoms with Crippen molar-refractivity contribution in [3.05, 3.63) is 64.7 Å². The molecule has 0 aromatic heterocycles. The van der Waals surface area contributed by atoms with Crippen molar-refractivity contribution in [1.82, 2.24) is 5.32 Å². The van der Waals surface area contributed by atoms with Gasteiger partial charge in [0.2, 0.25) is 15.9 Å². The first kappa shape index (κ1) is 21.0. The van der Waals surface area contributed by atoms with Gasteiger partial charge in [0, 0.05) is 0 Å². The molecule has 2 aromatic carbocycles. The number of para-hydroxylation sites is 1. The van der Waals surface area contributed by atoms with E-state index in [0.717, 1.165) is 33.7 Å². The molecule has 0 heterocycles. The van der Waals surface area contributed by atoms with Crippen LogP contribution in [0.3, 0.4) is 0 Å². The van der Waals surface area contributed by atoms with Crippen LogP contribution in [0.25, 0.3) is 0 Å². The highest BCUT2D eigenvalue weighted by Crippen LogP contribution is 2.23. The van der Waals surface area contributed by atoms with Gasteiger partial charge in [0.15, 0.2) is 0 Å². The van der Waals surface area contributed by atoms with E-state index in [1.807, 2.05) is 52.0 Å². The largest absolute Gasteiger partial charge is 0.348 e. The van der Waals surface area contributed by atoms with Gasteiger partial charge in [-0.25, -0.2) is 8.42 Å². The number of nitrogens with zero attached hydrogens (tertiary/aromatic N) is 1. The van der Waals surface area contributed by atoms with E-state index in [1.165, 1.54) is 5.56 Å². The average Bonchev–Trinajstić information content (AvgIpc) is 2.60. The van der Waals surface area contributed by atoms with Gasteiger partial charge >= 0.3 is 0 Å². The van der Waals surface area contributed by atoms with E-state index < -0.39 is 10.0 Å². The number of carbonyl (C=O) groups is 1. The first-order chi connectivity index (χ1) is 12.6. The molecule has 0 aliphatic carbocycles. The van der Waals surface area contributed by atoms with Gasteiger partial charge < -0.3 is 5.32 Å². The zero-order valence-electron chi connectivity index (χ0n) is 16.6. The molecule has 5 nitrogen and oxygen atoms in total. The van der Waals surface area contributed by atoms with Crippen LogP contribution < -0.4 is 9.62 Å². The summed E-state index contributed by atoms with van der Waals surface area (Å²) in [5, 5.41) is 2.98. The third-order valence-corrected chi connectivity index (χ3v) is 5.87. The lowest BCUT2D eigenvalue weighted by Gasteiger charge is -2.25. The van der Waals surface area contributed by atoms with Gasteiger partial charge in [-0.15, -0.1) is 0 Å². The van der Waals surface area contributed by atoms with Crippen molar-refractivity contribution in [2.45, 2.75) is 40.2 Å². The Balaban J connectivity index is 2.22. The Morgan fingerprint density at radius 1 is 1.04 bits per heavy atom. The summed E-state index contributed by atoms with van der Waals surface area (Å²) in [5.74, 6) is -0.325. The van der Waals surface area contributed by atoms with Crippen LogP contribution in [0.1, 0.15) is 41.6 Å². The lowest BCUT2D eigenvalue weighted by molar-refractivity contribution is -0.120. The standard InChI is InChI=1S/C21H28N2O3S/c1-6-19(18-12-11-15(2)17(4)13-18)22-21(24)14-23(27(5,25)26)20-10-8-7-9-16(20)3/h7-13,19H,6,14H2,1-5H3,(H,22,24)/t19-/m1/s1. The lowest BCUT2D eigenvalue weighted by atomic mass is 9.99. The molecule has 27 heavy (non-hydrogen) atoms. The van der Waals surface area contributed by atoms with E-state index in [-0.39, 0.29) is 18.5 Å². The van der Waals surface area contributed by atoms with Gasteiger partial charge in [0.25, 0.3) is 0 Å². The fourth-order valence-electron chi connectivity index (χ4n) is 3.00. The van der Waals surface area contributed by atoms with E-state index in [0.29, 0.717) is 5.69 Å². The molecule has 2 aromatic rings. The number of nitrogens with one attached hydrogen (secondary N) is 1. The summed E-state index contributed by atoms with van der Waals surface area (Å²) in [6.45, 7) is 7.66. The monoisotopic (exact) mass is 388 g/mol. The van der Waals surface area contributed by atoms with Crippen LogP contribution in [0.2, 0.25) is 0 Å². The molecule has 0 radical (unpaired) electrons. The Morgan fingerprint density at radius 2 is 1.70 bits per heavy atom. The van der Waals surface area contributed by atoms with Crippen molar-refractivity contribution in [2.75, 3.05) is 17.1 Å². The van der Waals surface area contributed by atoms with Crippen LogP contribution in [-0.4, -0.2) is 27.1 Å². The first-order valence-corrected chi connectivity index (χ1v) is 10.9. The summed E-state index contributed by atoms with van der Waals surface area (Å²) in [5.41, 5.74) is 4.71. The highest BCUT2D eigenvalue weighted by atomic mass is 32.2. The molecule has 146 valence electrons. The molecule has 0 spiro atoms. The smallest absolute Gasteiger partial charge is 0.241 e. The lowest BCUT2D eigenvalue weighted by Crippen LogP contribution is -2.41. The van der Waals surface area contributed by atoms with E-state index >= 15 is 0 Å². The third-order valence-electron chi connectivity index (χ3n) is 4.75. The molecular formula is C21H28N2O3S. The Bertz CT molecular complexity index is 923. The molecule has 1 atom stereocenters. The number of benzene rings is 2. The van der Waals surface area contributed by atoms with Gasteiger partial charge in [-0.2, -0.15) is 0 Å². The number of hydrogen-bond acceptors (Lipinski definition) is 3. The van der Waals surface area contributed by atoms with Gasteiger partial charge in [0.05, 0.1) is 18.0 Å². The van der Waals surface area contributed by atoms with E-state index in [4.69, 9.17) is 0 Å². The highest BCUT2D eigenvalue weighted by Gasteiger charge is 2.23.